The number of nitrogens with zero attached hydrogens (tertiary/aromatic N) is 3. The van der Waals surface area contributed by atoms with Crippen molar-refractivity contribution in [2.24, 2.45) is 0 Å². The minimum absolute atomic E-state index is 0.377. The van der Waals surface area contributed by atoms with Crippen molar-refractivity contribution in [3.63, 3.8) is 0 Å². The van der Waals surface area contributed by atoms with Gasteiger partial charge >= 0.3 is 0 Å². The van der Waals surface area contributed by atoms with Gasteiger partial charge in [0.15, 0.2) is 0 Å². The minimum Gasteiger partial charge on any atom is -0.352 e. The van der Waals surface area contributed by atoms with Gasteiger partial charge in [-0.25, -0.2) is 4.98 Å². The molecule has 1 aromatic rings. The first-order chi connectivity index (χ1) is 7.66. The average Bonchev–Trinajstić information content (AvgIpc) is 2.39. The van der Waals surface area contributed by atoms with Gasteiger partial charge in [-0.15, -0.1) is 0 Å². The van der Waals surface area contributed by atoms with Gasteiger partial charge in [-0.1, -0.05) is 6.07 Å². The summed E-state index contributed by atoms with van der Waals surface area (Å²) in [5, 5.41) is 0. The van der Waals surface area contributed by atoms with Gasteiger partial charge < -0.3 is 9.80 Å². The summed E-state index contributed by atoms with van der Waals surface area (Å²) in [5.41, 5.74) is 0. The Morgan fingerprint density at radius 2 is 2.19 bits per heavy atom. The fraction of sp³-hybridized carbons (Fsp3) is 0.583. The number of aromatic nitrogens is 1. The first-order valence-electron chi connectivity index (χ1n) is 5.74. The first kappa shape index (κ1) is 11.3. The van der Waals surface area contributed by atoms with Crippen LogP contribution in [0, 0.1) is 5.95 Å². The van der Waals surface area contributed by atoms with E-state index in [9.17, 15) is 4.39 Å². The molecule has 0 saturated carbocycles. The molecule has 0 bridgehead atoms. The molecule has 16 heavy (non-hydrogen) atoms. The summed E-state index contributed by atoms with van der Waals surface area (Å²) in [6.07, 6.45) is 1.10. The highest BCUT2D eigenvalue weighted by molar-refractivity contribution is 5.39. The fourth-order valence-electron chi connectivity index (χ4n) is 2.27. The molecular formula is C12H18FN3. The molecule has 2 heterocycles. The predicted octanol–water partition coefficient (Wildman–Crippen LogP) is 1.75. The van der Waals surface area contributed by atoms with Gasteiger partial charge in [0.2, 0.25) is 5.95 Å². The van der Waals surface area contributed by atoms with E-state index in [1.165, 1.54) is 6.07 Å². The van der Waals surface area contributed by atoms with E-state index in [1.807, 2.05) is 6.07 Å². The minimum atomic E-state index is -0.401. The average molecular weight is 223 g/mol. The SMILES string of the molecule is CC1CN(C)CCCN1c1cccc(F)n1. The molecular weight excluding hydrogens is 205 g/mol. The molecule has 1 aromatic heterocycles. The molecule has 0 spiro atoms. The number of pyridine rings is 1. The van der Waals surface area contributed by atoms with Crippen LogP contribution in [0.3, 0.4) is 0 Å². The van der Waals surface area contributed by atoms with Crippen LogP contribution in [-0.2, 0) is 0 Å². The summed E-state index contributed by atoms with van der Waals surface area (Å²) < 4.78 is 13.1. The lowest BCUT2D eigenvalue weighted by Crippen LogP contribution is -2.38. The third-order valence-corrected chi connectivity index (χ3v) is 3.04. The summed E-state index contributed by atoms with van der Waals surface area (Å²) >= 11 is 0. The third-order valence-electron chi connectivity index (χ3n) is 3.04. The van der Waals surface area contributed by atoms with Gasteiger partial charge in [-0.3, -0.25) is 0 Å². The van der Waals surface area contributed by atoms with Crippen LogP contribution >= 0.6 is 0 Å². The summed E-state index contributed by atoms with van der Waals surface area (Å²) in [7, 11) is 2.12. The molecule has 4 heteroatoms. The van der Waals surface area contributed by atoms with Crippen molar-refractivity contribution < 1.29 is 4.39 Å². The van der Waals surface area contributed by atoms with Crippen LogP contribution in [0.25, 0.3) is 0 Å². The maximum atomic E-state index is 13.1. The van der Waals surface area contributed by atoms with Crippen LogP contribution < -0.4 is 4.90 Å². The van der Waals surface area contributed by atoms with Crippen molar-refractivity contribution in [2.45, 2.75) is 19.4 Å². The normalized spacial score (nSPS) is 23.2. The van der Waals surface area contributed by atoms with Crippen LogP contribution in [0.5, 0.6) is 0 Å². The molecule has 88 valence electrons. The molecule has 0 N–H and O–H groups in total. The topological polar surface area (TPSA) is 19.4 Å². The lowest BCUT2D eigenvalue weighted by atomic mass is 10.2. The molecule has 0 aliphatic carbocycles. The van der Waals surface area contributed by atoms with Crippen LogP contribution in [0.15, 0.2) is 18.2 Å². The van der Waals surface area contributed by atoms with E-state index >= 15 is 0 Å². The molecule has 1 aliphatic rings. The second-order valence-corrected chi connectivity index (χ2v) is 4.48. The van der Waals surface area contributed by atoms with Crippen molar-refractivity contribution in [2.75, 3.05) is 31.6 Å². The summed E-state index contributed by atoms with van der Waals surface area (Å²) in [6.45, 7) is 5.20. The maximum Gasteiger partial charge on any atom is 0.214 e. The standard InChI is InChI=1S/C12H18FN3/c1-10-9-15(2)7-4-8-16(10)12-6-3-5-11(13)14-12/h3,5-6,10H,4,7-9H2,1-2H3. The number of hydrogen-bond acceptors (Lipinski definition) is 3. The highest BCUT2D eigenvalue weighted by Crippen LogP contribution is 2.17. The van der Waals surface area contributed by atoms with E-state index in [2.05, 4.69) is 28.8 Å². The first-order valence-corrected chi connectivity index (χ1v) is 5.74. The van der Waals surface area contributed by atoms with Crippen molar-refractivity contribution >= 4 is 5.82 Å². The Hall–Kier alpha value is -1.16. The molecule has 2 rings (SSSR count). The van der Waals surface area contributed by atoms with Gasteiger partial charge in [-0.05, 0) is 39.1 Å². The van der Waals surface area contributed by atoms with Gasteiger partial charge in [0, 0.05) is 19.1 Å². The van der Waals surface area contributed by atoms with Crippen molar-refractivity contribution in [3.8, 4) is 0 Å². The number of likely N-dealkylation sites (N-methyl/N-ethyl adjacent to an activating group) is 1. The lowest BCUT2D eigenvalue weighted by Gasteiger charge is -2.28. The molecule has 0 radical (unpaired) electrons. The number of anilines is 1. The third kappa shape index (κ3) is 2.50. The van der Waals surface area contributed by atoms with Crippen LogP contribution in [0.1, 0.15) is 13.3 Å². The van der Waals surface area contributed by atoms with E-state index < -0.39 is 5.95 Å². The molecule has 1 aliphatic heterocycles. The monoisotopic (exact) mass is 223 g/mol. The fourth-order valence-corrected chi connectivity index (χ4v) is 2.27. The zero-order valence-corrected chi connectivity index (χ0v) is 9.86. The number of rotatable bonds is 1. The van der Waals surface area contributed by atoms with Gasteiger partial charge in [0.05, 0.1) is 0 Å². The van der Waals surface area contributed by atoms with E-state index in [4.69, 9.17) is 0 Å². The summed E-state index contributed by atoms with van der Waals surface area (Å²) in [6, 6.07) is 5.36. The smallest absolute Gasteiger partial charge is 0.214 e. The summed E-state index contributed by atoms with van der Waals surface area (Å²) in [5.74, 6) is 0.352. The Kier molecular flexibility index (Phi) is 3.39. The highest BCUT2D eigenvalue weighted by Gasteiger charge is 2.20. The van der Waals surface area contributed by atoms with Crippen LogP contribution in [-0.4, -0.2) is 42.6 Å². The van der Waals surface area contributed by atoms with E-state index in [0.717, 1.165) is 31.9 Å². The molecule has 1 fully saturated rings. The molecule has 1 saturated heterocycles. The lowest BCUT2D eigenvalue weighted by molar-refractivity contribution is 0.337. The Bertz CT molecular complexity index is 356. The Morgan fingerprint density at radius 1 is 1.38 bits per heavy atom. The van der Waals surface area contributed by atoms with Gasteiger partial charge in [0.1, 0.15) is 5.82 Å². The second-order valence-electron chi connectivity index (χ2n) is 4.48. The van der Waals surface area contributed by atoms with E-state index in [-0.39, 0.29) is 0 Å². The molecule has 0 amide bonds. The van der Waals surface area contributed by atoms with Gasteiger partial charge in [0.25, 0.3) is 0 Å². The molecule has 0 aromatic carbocycles. The van der Waals surface area contributed by atoms with Crippen molar-refractivity contribution in [1.82, 2.24) is 9.88 Å². The van der Waals surface area contributed by atoms with E-state index in [0.29, 0.717) is 6.04 Å². The predicted molar refractivity (Wildman–Crippen MR) is 63.1 cm³/mol. The highest BCUT2D eigenvalue weighted by atomic mass is 19.1. The van der Waals surface area contributed by atoms with Crippen LogP contribution in [0.4, 0.5) is 10.2 Å². The van der Waals surface area contributed by atoms with Gasteiger partial charge in [-0.2, -0.15) is 4.39 Å². The largest absolute Gasteiger partial charge is 0.352 e. The van der Waals surface area contributed by atoms with Crippen molar-refractivity contribution in [3.05, 3.63) is 24.1 Å². The van der Waals surface area contributed by atoms with E-state index in [1.54, 1.807) is 6.07 Å². The zero-order valence-electron chi connectivity index (χ0n) is 9.86. The Morgan fingerprint density at radius 3 is 2.94 bits per heavy atom. The van der Waals surface area contributed by atoms with Crippen LogP contribution in [0.2, 0.25) is 0 Å². The number of halogens is 1. The molecule has 1 unspecified atom stereocenters. The summed E-state index contributed by atoms with van der Waals surface area (Å²) in [4.78, 5) is 8.45. The molecule has 1 atom stereocenters. The second kappa shape index (κ2) is 4.78. The Balaban J connectivity index is 2.19. The Labute approximate surface area is 95.9 Å². The number of hydrogen-bond donors (Lipinski definition) is 0. The van der Waals surface area contributed by atoms with Crippen molar-refractivity contribution in [1.29, 1.82) is 0 Å². The zero-order chi connectivity index (χ0) is 11.5. The quantitative estimate of drug-likeness (QED) is 0.676. The maximum absolute atomic E-state index is 13.1. The molecule has 3 nitrogen and oxygen atoms in total.